The lowest BCUT2D eigenvalue weighted by atomic mass is 10.2. The van der Waals surface area contributed by atoms with E-state index < -0.39 is 11.9 Å². The Morgan fingerprint density at radius 1 is 1.11 bits per heavy atom. The van der Waals surface area contributed by atoms with Crippen molar-refractivity contribution < 1.29 is 19.8 Å². The number of hydrogen-bond donors (Lipinski definition) is 3. The summed E-state index contributed by atoms with van der Waals surface area (Å²) in [5.74, 6) is -1.67. The van der Waals surface area contributed by atoms with Crippen molar-refractivity contribution in [3.05, 3.63) is 53.9 Å². The Kier molecular flexibility index (Phi) is 3.42. The van der Waals surface area contributed by atoms with Crippen molar-refractivity contribution >= 4 is 17.6 Å². The summed E-state index contributed by atoms with van der Waals surface area (Å²) in [6, 6.07) is 7.13. The molecule has 0 radical (unpaired) electrons. The van der Waals surface area contributed by atoms with E-state index in [1.54, 1.807) is 6.07 Å². The average Bonchev–Trinajstić information content (AvgIpc) is 2.39. The van der Waals surface area contributed by atoms with E-state index in [4.69, 9.17) is 5.11 Å². The van der Waals surface area contributed by atoms with Crippen molar-refractivity contribution in [2.24, 2.45) is 0 Å². The number of rotatable bonds is 3. The number of anilines is 1. The van der Waals surface area contributed by atoms with Gasteiger partial charge < -0.3 is 15.5 Å². The molecular formula is C13H10N2O4. The molecule has 2 rings (SSSR count). The minimum Gasteiger partial charge on any atom is -0.506 e. The molecule has 2 aromatic rings. The smallest absolute Gasteiger partial charge is 0.335 e. The van der Waals surface area contributed by atoms with Gasteiger partial charge in [-0.1, -0.05) is 6.07 Å². The molecule has 96 valence electrons. The largest absolute Gasteiger partial charge is 0.506 e. The van der Waals surface area contributed by atoms with Crippen LogP contribution in [0, 0.1) is 0 Å². The lowest BCUT2D eigenvalue weighted by Crippen LogP contribution is -2.12. The maximum atomic E-state index is 11.8. The van der Waals surface area contributed by atoms with Crippen LogP contribution in [0.1, 0.15) is 20.7 Å². The molecule has 0 aliphatic rings. The fourth-order valence-electron chi connectivity index (χ4n) is 1.49. The maximum Gasteiger partial charge on any atom is 0.335 e. The number of hydrogen-bond acceptors (Lipinski definition) is 4. The highest BCUT2D eigenvalue weighted by Crippen LogP contribution is 2.14. The van der Waals surface area contributed by atoms with Crippen molar-refractivity contribution in [2.75, 3.05) is 5.32 Å². The summed E-state index contributed by atoms with van der Waals surface area (Å²) in [5, 5.41) is 20.6. The van der Waals surface area contributed by atoms with Gasteiger partial charge in [-0.3, -0.25) is 9.78 Å². The Bertz CT molecular complexity index is 640. The third-order valence-corrected chi connectivity index (χ3v) is 2.35. The molecule has 19 heavy (non-hydrogen) atoms. The highest BCUT2D eigenvalue weighted by molar-refractivity contribution is 6.04. The first kappa shape index (κ1) is 12.6. The van der Waals surface area contributed by atoms with E-state index in [0.717, 1.165) is 0 Å². The SMILES string of the molecule is O=C(O)c1cccc(NC(=O)c2cncc(O)c2)c1. The van der Waals surface area contributed by atoms with Gasteiger partial charge in [0.1, 0.15) is 5.75 Å². The van der Waals surface area contributed by atoms with Gasteiger partial charge in [0.15, 0.2) is 0 Å². The Labute approximate surface area is 108 Å². The highest BCUT2D eigenvalue weighted by Gasteiger charge is 2.09. The molecule has 0 fully saturated rings. The first-order chi connectivity index (χ1) is 9.06. The number of carbonyl (C=O) groups excluding carboxylic acids is 1. The summed E-state index contributed by atoms with van der Waals surface area (Å²) in [6.45, 7) is 0. The molecule has 3 N–H and O–H groups in total. The van der Waals surface area contributed by atoms with E-state index >= 15 is 0 Å². The molecule has 0 unspecified atom stereocenters. The molecule has 0 spiro atoms. The molecule has 0 saturated heterocycles. The minimum atomic E-state index is -1.07. The molecule has 1 heterocycles. The second kappa shape index (κ2) is 5.18. The Hall–Kier alpha value is -2.89. The van der Waals surface area contributed by atoms with Crippen LogP contribution in [-0.2, 0) is 0 Å². The zero-order valence-electron chi connectivity index (χ0n) is 9.70. The molecule has 0 saturated carbocycles. The number of carboxylic acid groups (broad SMARTS) is 1. The normalized spacial score (nSPS) is 9.89. The van der Waals surface area contributed by atoms with Crippen LogP contribution in [0.15, 0.2) is 42.7 Å². The topological polar surface area (TPSA) is 99.5 Å². The minimum absolute atomic E-state index is 0.0758. The van der Waals surface area contributed by atoms with Crippen LogP contribution in [0.3, 0.4) is 0 Å². The Morgan fingerprint density at radius 2 is 1.89 bits per heavy atom. The van der Waals surface area contributed by atoms with Crippen LogP contribution in [0.2, 0.25) is 0 Å². The number of nitrogens with one attached hydrogen (secondary N) is 1. The van der Waals surface area contributed by atoms with Crippen molar-refractivity contribution in [1.82, 2.24) is 4.98 Å². The molecule has 0 aliphatic carbocycles. The zero-order chi connectivity index (χ0) is 13.8. The molecule has 1 aromatic carbocycles. The second-order valence-corrected chi connectivity index (χ2v) is 3.77. The van der Waals surface area contributed by atoms with E-state index in [-0.39, 0.29) is 16.9 Å². The van der Waals surface area contributed by atoms with Crippen molar-refractivity contribution in [3.8, 4) is 5.75 Å². The van der Waals surface area contributed by atoms with Gasteiger partial charge >= 0.3 is 5.97 Å². The third kappa shape index (κ3) is 3.06. The molecule has 0 aliphatic heterocycles. The maximum absolute atomic E-state index is 11.8. The number of aromatic hydroxyl groups is 1. The van der Waals surface area contributed by atoms with Gasteiger partial charge in [0, 0.05) is 11.9 Å². The van der Waals surface area contributed by atoms with E-state index in [2.05, 4.69) is 10.3 Å². The second-order valence-electron chi connectivity index (χ2n) is 3.77. The lowest BCUT2D eigenvalue weighted by molar-refractivity contribution is 0.0696. The number of pyridine rings is 1. The van der Waals surface area contributed by atoms with Gasteiger partial charge in [-0.05, 0) is 24.3 Å². The first-order valence-electron chi connectivity index (χ1n) is 5.35. The van der Waals surface area contributed by atoms with Gasteiger partial charge in [0.25, 0.3) is 5.91 Å². The molecular weight excluding hydrogens is 248 g/mol. The number of amides is 1. The summed E-state index contributed by atoms with van der Waals surface area (Å²) in [4.78, 5) is 26.3. The predicted octanol–water partition coefficient (Wildman–Crippen LogP) is 1.74. The van der Waals surface area contributed by atoms with Crippen LogP contribution in [-0.4, -0.2) is 27.1 Å². The van der Waals surface area contributed by atoms with Crippen LogP contribution >= 0.6 is 0 Å². The molecule has 1 aromatic heterocycles. The van der Waals surface area contributed by atoms with E-state index in [1.807, 2.05) is 0 Å². The monoisotopic (exact) mass is 258 g/mol. The number of aromatic nitrogens is 1. The summed E-state index contributed by atoms with van der Waals surface area (Å²) >= 11 is 0. The summed E-state index contributed by atoms with van der Waals surface area (Å²) in [5.41, 5.74) is 0.612. The summed E-state index contributed by atoms with van der Waals surface area (Å²) in [7, 11) is 0. The number of carboxylic acids is 1. The fraction of sp³-hybridized carbons (Fsp3) is 0. The predicted molar refractivity (Wildman–Crippen MR) is 67.3 cm³/mol. The van der Waals surface area contributed by atoms with E-state index in [1.165, 1.54) is 36.7 Å². The average molecular weight is 258 g/mol. The fourth-order valence-corrected chi connectivity index (χ4v) is 1.49. The van der Waals surface area contributed by atoms with E-state index in [9.17, 15) is 14.7 Å². The number of aromatic carboxylic acids is 1. The number of benzene rings is 1. The van der Waals surface area contributed by atoms with Crippen LogP contribution in [0.4, 0.5) is 5.69 Å². The molecule has 6 heteroatoms. The standard InChI is InChI=1S/C13H10N2O4/c16-11-5-9(6-14-7-11)12(17)15-10-3-1-2-8(4-10)13(18)19/h1-7,16H,(H,15,17)(H,18,19). The number of carbonyl (C=O) groups is 2. The summed E-state index contributed by atoms with van der Waals surface area (Å²) in [6.07, 6.45) is 2.51. The van der Waals surface area contributed by atoms with Crippen molar-refractivity contribution in [3.63, 3.8) is 0 Å². The van der Waals surface area contributed by atoms with Crippen molar-refractivity contribution in [2.45, 2.75) is 0 Å². The van der Waals surface area contributed by atoms with Crippen LogP contribution in [0.25, 0.3) is 0 Å². The Morgan fingerprint density at radius 3 is 2.58 bits per heavy atom. The van der Waals surface area contributed by atoms with Gasteiger partial charge in [-0.15, -0.1) is 0 Å². The molecule has 6 nitrogen and oxygen atoms in total. The molecule has 0 bridgehead atoms. The van der Waals surface area contributed by atoms with Gasteiger partial charge in [0.05, 0.1) is 17.3 Å². The third-order valence-electron chi connectivity index (χ3n) is 2.35. The summed E-state index contributed by atoms with van der Waals surface area (Å²) < 4.78 is 0. The van der Waals surface area contributed by atoms with Crippen molar-refractivity contribution in [1.29, 1.82) is 0 Å². The van der Waals surface area contributed by atoms with Crippen LogP contribution < -0.4 is 5.32 Å². The Balaban J connectivity index is 2.19. The van der Waals surface area contributed by atoms with Gasteiger partial charge in [-0.25, -0.2) is 4.79 Å². The van der Waals surface area contributed by atoms with Crippen LogP contribution in [0.5, 0.6) is 5.75 Å². The number of nitrogens with zero attached hydrogens (tertiary/aromatic N) is 1. The first-order valence-corrected chi connectivity index (χ1v) is 5.35. The van der Waals surface area contributed by atoms with Gasteiger partial charge in [-0.2, -0.15) is 0 Å². The zero-order valence-corrected chi connectivity index (χ0v) is 9.70. The lowest BCUT2D eigenvalue weighted by Gasteiger charge is -2.06. The molecule has 0 atom stereocenters. The highest BCUT2D eigenvalue weighted by atomic mass is 16.4. The quantitative estimate of drug-likeness (QED) is 0.778. The van der Waals surface area contributed by atoms with Gasteiger partial charge in [0.2, 0.25) is 0 Å². The molecule has 1 amide bonds. The van der Waals surface area contributed by atoms with E-state index in [0.29, 0.717) is 5.69 Å².